The number of piperidine rings is 1. The largest absolute Gasteiger partial charge is 0.338 e. The van der Waals surface area contributed by atoms with Crippen LogP contribution in [0.5, 0.6) is 0 Å². The molecule has 0 aromatic heterocycles. The number of carbonyl (C=O) groups is 2. The Labute approximate surface area is 173 Å². The van der Waals surface area contributed by atoms with Crippen LogP contribution in [-0.2, 0) is 4.79 Å². The molecule has 2 fully saturated rings. The number of rotatable bonds is 4. The van der Waals surface area contributed by atoms with Crippen molar-refractivity contribution >= 4 is 23.5 Å². The van der Waals surface area contributed by atoms with E-state index in [0.717, 1.165) is 31.2 Å². The fraction of sp³-hybridized carbons (Fsp3) is 0.636. The van der Waals surface area contributed by atoms with Crippen molar-refractivity contribution in [2.45, 2.75) is 76.9 Å². The van der Waals surface area contributed by atoms with Gasteiger partial charge in [0.2, 0.25) is 5.91 Å². The Morgan fingerprint density at radius 1 is 1.21 bits per heavy atom. The molecule has 3 rings (SSSR count). The lowest BCUT2D eigenvalue weighted by Gasteiger charge is -2.45. The zero-order chi connectivity index (χ0) is 20.3. The van der Waals surface area contributed by atoms with Crippen molar-refractivity contribution in [2.24, 2.45) is 5.92 Å². The summed E-state index contributed by atoms with van der Waals surface area (Å²) in [5, 5.41) is 7.07. The molecule has 1 aliphatic heterocycles. The predicted octanol–water partition coefficient (Wildman–Crippen LogP) is 4.66. The molecule has 0 bridgehead atoms. The zero-order valence-corrected chi connectivity index (χ0v) is 17.9. The third-order valence-electron chi connectivity index (χ3n) is 6.26. The van der Waals surface area contributed by atoms with E-state index >= 15 is 0 Å². The first kappa shape index (κ1) is 21.0. The number of amides is 3. The number of nitrogens with zero attached hydrogens (tertiary/aromatic N) is 1. The summed E-state index contributed by atoms with van der Waals surface area (Å²) in [7, 11) is 0. The number of urea groups is 1. The lowest BCUT2D eigenvalue weighted by atomic mass is 9.87. The molecule has 1 aromatic carbocycles. The third-order valence-corrected chi connectivity index (χ3v) is 6.49. The van der Waals surface area contributed by atoms with E-state index in [1.54, 1.807) is 6.92 Å². The van der Waals surface area contributed by atoms with Crippen LogP contribution in [0.2, 0.25) is 5.02 Å². The Morgan fingerprint density at radius 2 is 1.93 bits per heavy atom. The van der Waals surface area contributed by atoms with E-state index in [1.807, 2.05) is 29.2 Å². The molecule has 1 saturated heterocycles. The van der Waals surface area contributed by atoms with Crippen molar-refractivity contribution in [3.05, 3.63) is 34.9 Å². The van der Waals surface area contributed by atoms with Gasteiger partial charge in [-0.3, -0.25) is 4.79 Å². The molecule has 2 N–H and O–H groups in total. The Morgan fingerprint density at radius 3 is 2.54 bits per heavy atom. The molecule has 6 heteroatoms. The van der Waals surface area contributed by atoms with Gasteiger partial charge >= 0.3 is 6.03 Å². The summed E-state index contributed by atoms with van der Waals surface area (Å²) in [5.41, 5.74) is 0.820. The standard InChI is InChI=1S/C22H32ClN3O2/c1-15(27)26-12-11-19(14-22(26,2)3)24-21(28)25-20(16-7-4-5-8-16)17-9-6-10-18(23)13-17/h6,9-10,13,16,19-20H,4-5,7-8,11-12,14H2,1-3H3,(H2,24,25,28)/t19-,20-/m1/s1. The number of halogens is 1. The van der Waals surface area contributed by atoms with E-state index in [9.17, 15) is 9.59 Å². The molecule has 2 aliphatic rings. The maximum absolute atomic E-state index is 12.8. The van der Waals surface area contributed by atoms with Gasteiger partial charge in [-0.25, -0.2) is 4.79 Å². The van der Waals surface area contributed by atoms with Crippen LogP contribution in [0, 0.1) is 5.92 Å². The first-order valence-corrected chi connectivity index (χ1v) is 10.7. The second kappa shape index (κ2) is 8.73. The number of likely N-dealkylation sites (tertiary alicyclic amines) is 1. The van der Waals surface area contributed by atoms with E-state index in [1.165, 1.54) is 12.8 Å². The van der Waals surface area contributed by atoms with Crippen LogP contribution in [0.3, 0.4) is 0 Å². The van der Waals surface area contributed by atoms with Crippen molar-refractivity contribution in [3.8, 4) is 0 Å². The highest BCUT2D eigenvalue weighted by atomic mass is 35.5. The van der Waals surface area contributed by atoms with Crippen molar-refractivity contribution in [1.29, 1.82) is 0 Å². The van der Waals surface area contributed by atoms with Gasteiger partial charge < -0.3 is 15.5 Å². The van der Waals surface area contributed by atoms with Gasteiger partial charge in [0.15, 0.2) is 0 Å². The lowest BCUT2D eigenvalue weighted by molar-refractivity contribution is -0.136. The summed E-state index contributed by atoms with van der Waals surface area (Å²) in [6, 6.07) is 7.72. The highest BCUT2D eigenvalue weighted by Crippen LogP contribution is 2.36. The number of carbonyl (C=O) groups excluding carboxylic acids is 2. The summed E-state index contributed by atoms with van der Waals surface area (Å²) >= 11 is 6.20. The first-order valence-electron chi connectivity index (χ1n) is 10.4. The topological polar surface area (TPSA) is 61.4 Å². The molecule has 154 valence electrons. The van der Waals surface area contributed by atoms with Crippen LogP contribution in [-0.4, -0.2) is 35.0 Å². The molecule has 28 heavy (non-hydrogen) atoms. The van der Waals surface area contributed by atoms with Gasteiger partial charge in [-0.05, 0) is 63.1 Å². The summed E-state index contributed by atoms with van der Waals surface area (Å²) in [6.07, 6.45) is 6.21. The third kappa shape index (κ3) is 4.99. The van der Waals surface area contributed by atoms with Crippen LogP contribution >= 0.6 is 11.6 Å². The highest BCUT2D eigenvalue weighted by molar-refractivity contribution is 6.30. The van der Waals surface area contributed by atoms with E-state index in [2.05, 4.69) is 24.5 Å². The van der Waals surface area contributed by atoms with Crippen LogP contribution < -0.4 is 10.6 Å². The number of hydrogen-bond donors (Lipinski definition) is 2. The minimum Gasteiger partial charge on any atom is -0.338 e. The van der Waals surface area contributed by atoms with Crippen LogP contribution in [0.25, 0.3) is 0 Å². The fourth-order valence-electron chi connectivity index (χ4n) is 4.94. The van der Waals surface area contributed by atoms with E-state index in [-0.39, 0.29) is 29.6 Å². The maximum atomic E-state index is 12.8. The molecule has 0 radical (unpaired) electrons. The summed E-state index contributed by atoms with van der Waals surface area (Å²) in [5.74, 6) is 0.537. The Bertz CT molecular complexity index is 715. The molecule has 3 amide bonds. The Kier molecular flexibility index (Phi) is 6.54. The average molecular weight is 406 g/mol. The number of benzene rings is 1. The van der Waals surface area contributed by atoms with Gasteiger partial charge in [0, 0.05) is 30.1 Å². The summed E-state index contributed by atoms with van der Waals surface area (Å²) in [6.45, 7) is 6.41. The molecule has 1 saturated carbocycles. The average Bonchev–Trinajstić information content (AvgIpc) is 3.12. The minimum atomic E-state index is -0.250. The summed E-state index contributed by atoms with van der Waals surface area (Å²) < 4.78 is 0. The number of hydrogen-bond acceptors (Lipinski definition) is 2. The molecule has 0 spiro atoms. The van der Waals surface area contributed by atoms with Crippen molar-refractivity contribution in [2.75, 3.05) is 6.54 Å². The van der Waals surface area contributed by atoms with E-state index < -0.39 is 0 Å². The zero-order valence-electron chi connectivity index (χ0n) is 17.1. The van der Waals surface area contributed by atoms with Crippen LogP contribution in [0.1, 0.15) is 70.9 Å². The quantitative estimate of drug-likeness (QED) is 0.765. The van der Waals surface area contributed by atoms with Gasteiger partial charge in [-0.1, -0.05) is 36.6 Å². The Hall–Kier alpha value is -1.75. The first-order chi connectivity index (χ1) is 13.3. The molecule has 0 unspecified atom stereocenters. The van der Waals surface area contributed by atoms with Crippen molar-refractivity contribution in [1.82, 2.24) is 15.5 Å². The molecular weight excluding hydrogens is 374 g/mol. The second-order valence-electron chi connectivity index (χ2n) is 8.87. The molecule has 2 atom stereocenters. The number of nitrogens with one attached hydrogen (secondary N) is 2. The van der Waals surface area contributed by atoms with Crippen molar-refractivity contribution < 1.29 is 9.59 Å². The van der Waals surface area contributed by atoms with Crippen LogP contribution in [0.4, 0.5) is 4.79 Å². The van der Waals surface area contributed by atoms with Gasteiger partial charge in [0.25, 0.3) is 0 Å². The Balaban J connectivity index is 1.65. The summed E-state index contributed by atoms with van der Waals surface area (Å²) in [4.78, 5) is 26.6. The second-order valence-corrected chi connectivity index (χ2v) is 9.30. The van der Waals surface area contributed by atoms with Crippen LogP contribution in [0.15, 0.2) is 24.3 Å². The van der Waals surface area contributed by atoms with Gasteiger partial charge in [0.05, 0.1) is 6.04 Å². The lowest BCUT2D eigenvalue weighted by Crippen LogP contribution is -2.57. The fourth-order valence-corrected chi connectivity index (χ4v) is 5.14. The SMILES string of the molecule is CC(=O)N1CC[C@@H](NC(=O)N[C@@H](c2cccc(Cl)c2)C2CCCC2)CC1(C)C. The maximum Gasteiger partial charge on any atom is 0.315 e. The molecule has 1 aromatic rings. The van der Waals surface area contributed by atoms with Crippen molar-refractivity contribution in [3.63, 3.8) is 0 Å². The normalized spacial score (nSPS) is 23.3. The minimum absolute atomic E-state index is 0.0217. The monoisotopic (exact) mass is 405 g/mol. The van der Waals surface area contributed by atoms with Gasteiger partial charge in [0.1, 0.15) is 0 Å². The van der Waals surface area contributed by atoms with Gasteiger partial charge in [-0.2, -0.15) is 0 Å². The molecule has 1 heterocycles. The van der Waals surface area contributed by atoms with E-state index in [0.29, 0.717) is 17.5 Å². The predicted molar refractivity (Wildman–Crippen MR) is 112 cm³/mol. The van der Waals surface area contributed by atoms with Gasteiger partial charge in [-0.15, -0.1) is 0 Å². The highest BCUT2D eigenvalue weighted by Gasteiger charge is 2.37. The molecule has 1 aliphatic carbocycles. The molecular formula is C22H32ClN3O2. The smallest absolute Gasteiger partial charge is 0.315 e. The molecule has 5 nitrogen and oxygen atoms in total. The van der Waals surface area contributed by atoms with E-state index in [4.69, 9.17) is 11.6 Å².